The van der Waals surface area contributed by atoms with E-state index in [9.17, 15) is 14.4 Å². The molecule has 3 heterocycles. The SMILES string of the molecule is Nc1c(Cl)cc(C(=O)NCC2CCN(CC3CCOCC3)C2)c2ncccc12.O=C(O)[C@H](O)[C@@H](O)C(=O)O. The minimum atomic E-state index is -2.27. The lowest BCUT2D eigenvalue weighted by Gasteiger charge is -2.27. The fraction of sp³-hybridized carbons (Fsp3) is 0.520. The number of amides is 1. The van der Waals surface area contributed by atoms with Gasteiger partial charge in [-0.05, 0) is 55.8 Å². The van der Waals surface area contributed by atoms with Crippen molar-refractivity contribution in [2.75, 3.05) is 45.1 Å². The van der Waals surface area contributed by atoms with Gasteiger partial charge in [-0.15, -0.1) is 0 Å². The molecule has 7 N–H and O–H groups in total. The number of nitrogen functional groups attached to an aromatic ring is 1. The Morgan fingerprint density at radius 3 is 2.42 bits per heavy atom. The maximum absolute atomic E-state index is 12.8. The first-order valence-electron chi connectivity index (χ1n) is 12.3. The Labute approximate surface area is 224 Å². The minimum absolute atomic E-state index is 0.145. The molecule has 0 spiro atoms. The number of anilines is 1. The van der Waals surface area contributed by atoms with Gasteiger partial charge in [0.25, 0.3) is 5.91 Å². The first-order valence-corrected chi connectivity index (χ1v) is 12.7. The lowest BCUT2D eigenvalue weighted by molar-refractivity contribution is -0.165. The Morgan fingerprint density at radius 1 is 1.13 bits per heavy atom. The van der Waals surface area contributed by atoms with Crippen molar-refractivity contribution >= 4 is 46.0 Å². The number of aromatic nitrogens is 1. The van der Waals surface area contributed by atoms with Crippen LogP contribution in [0.1, 0.15) is 29.6 Å². The molecule has 4 rings (SSSR count). The molecule has 1 unspecified atom stereocenters. The molecule has 1 amide bonds. The van der Waals surface area contributed by atoms with Gasteiger partial charge in [-0.25, -0.2) is 9.59 Å². The molecule has 0 saturated carbocycles. The summed E-state index contributed by atoms with van der Waals surface area (Å²) in [7, 11) is 0. The number of carbonyl (C=O) groups is 3. The summed E-state index contributed by atoms with van der Waals surface area (Å²) in [6, 6.07) is 5.25. The number of hydrogen-bond donors (Lipinski definition) is 6. The third-order valence-electron chi connectivity index (χ3n) is 6.71. The molecule has 12 nitrogen and oxygen atoms in total. The number of aliphatic hydroxyl groups is 2. The fourth-order valence-electron chi connectivity index (χ4n) is 4.55. The van der Waals surface area contributed by atoms with Gasteiger partial charge < -0.3 is 41.1 Å². The van der Waals surface area contributed by atoms with Gasteiger partial charge in [0.05, 0.1) is 21.8 Å². The van der Waals surface area contributed by atoms with Crippen LogP contribution in [-0.4, -0.2) is 99.8 Å². The molecule has 2 aliphatic heterocycles. The summed E-state index contributed by atoms with van der Waals surface area (Å²) in [5.41, 5.74) is 7.57. The zero-order valence-corrected chi connectivity index (χ0v) is 21.5. The number of pyridine rings is 1. The molecule has 208 valence electrons. The predicted molar refractivity (Wildman–Crippen MR) is 139 cm³/mol. The largest absolute Gasteiger partial charge is 0.479 e. The highest BCUT2D eigenvalue weighted by molar-refractivity contribution is 6.35. The zero-order valence-electron chi connectivity index (χ0n) is 20.8. The minimum Gasteiger partial charge on any atom is -0.479 e. The van der Waals surface area contributed by atoms with E-state index in [1.165, 1.54) is 0 Å². The summed E-state index contributed by atoms with van der Waals surface area (Å²) in [5.74, 6) is -2.46. The number of fused-ring (bicyclic) bond motifs is 1. The average Bonchev–Trinajstić information content (AvgIpc) is 3.36. The van der Waals surface area contributed by atoms with Crippen LogP contribution in [0.5, 0.6) is 0 Å². The van der Waals surface area contributed by atoms with E-state index < -0.39 is 24.1 Å². The third-order valence-corrected chi connectivity index (χ3v) is 7.02. The van der Waals surface area contributed by atoms with Crippen molar-refractivity contribution in [1.29, 1.82) is 0 Å². The maximum atomic E-state index is 12.8. The first kappa shape index (κ1) is 29.5. The third kappa shape index (κ3) is 7.74. The van der Waals surface area contributed by atoms with Gasteiger partial charge in [-0.3, -0.25) is 9.78 Å². The van der Waals surface area contributed by atoms with Crippen LogP contribution in [0.4, 0.5) is 5.69 Å². The normalized spacial score (nSPS) is 19.8. The number of benzene rings is 1. The Kier molecular flexibility index (Phi) is 10.6. The first-order chi connectivity index (χ1) is 18.1. The number of aliphatic carboxylic acids is 2. The van der Waals surface area contributed by atoms with Crippen LogP contribution < -0.4 is 11.1 Å². The highest BCUT2D eigenvalue weighted by Crippen LogP contribution is 2.30. The molecule has 3 atom stereocenters. The Bertz CT molecular complexity index is 1130. The van der Waals surface area contributed by atoms with E-state index in [-0.39, 0.29) is 5.91 Å². The number of halogens is 1. The van der Waals surface area contributed by atoms with Crippen LogP contribution in [0, 0.1) is 11.8 Å². The monoisotopic (exact) mass is 552 g/mol. The average molecular weight is 553 g/mol. The summed E-state index contributed by atoms with van der Waals surface area (Å²) in [4.78, 5) is 39.2. The van der Waals surface area contributed by atoms with Crippen molar-refractivity contribution in [2.24, 2.45) is 11.8 Å². The number of aliphatic hydroxyl groups excluding tert-OH is 2. The molecular weight excluding hydrogens is 520 g/mol. The zero-order chi connectivity index (χ0) is 27.8. The molecule has 1 aromatic carbocycles. The summed E-state index contributed by atoms with van der Waals surface area (Å²) in [6.45, 7) is 5.75. The molecule has 2 fully saturated rings. The standard InChI is InChI=1S/C21H27ClN4O2.C4H6O6/c22-18-10-17(20-16(19(18)23)2-1-6-24-20)21(27)25-11-15-3-7-26(13-15)12-14-4-8-28-9-5-14;5-1(3(7)8)2(6)4(9)10/h1-2,6,10,14-15H,3-5,7-9,11-13,23H2,(H,25,27);1-2,5-6H,(H,7,8)(H,9,10)/t;1-,2-/m.1/s1. The number of nitrogens with one attached hydrogen (secondary N) is 1. The van der Waals surface area contributed by atoms with E-state index in [4.69, 9.17) is 42.5 Å². The number of carboxylic acid groups (broad SMARTS) is 2. The van der Waals surface area contributed by atoms with E-state index in [1.54, 1.807) is 18.3 Å². The molecule has 1 aromatic heterocycles. The molecule has 38 heavy (non-hydrogen) atoms. The van der Waals surface area contributed by atoms with Crippen molar-refractivity contribution < 1.29 is 39.5 Å². The lowest BCUT2D eigenvalue weighted by Crippen LogP contribution is -2.39. The van der Waals surface area contributed by atoms with Crippen molar-refractivity contribution in [2.45, 2.75) is 31.5 Å². The number of rotatable bonds is 8. The second-order valence-electron chi connectivity index (χ2n) is 9.47. The van der Waals surface area contributed by atoms with E-state index in [1.807, 2.05) is 6.07 Å². The Balaban J connectivity index is 0.000000342. The summed E-state index contributed by atoms with van der Waals surface area (Å²) in [5, 5.41) is 36.7. The number of nitrogens with zero attached hydrogens (tertiary/aromatic N) is 2. The molecule has 13 heteroatoms. The van der Waals surface area contributed by atoms with Crippen molar-refractivity contribution in [3.63, 3.8) is 0 Å². The summed E-state index contributed by atoms with van der Waals surface area (Å²) in [6.07, 6.45) is 0.573. The molecule has 2 aliphatic rings. The highest BCUT2D eigenvalue weighted by Gasteiger charge is 2.29. The van der Waals surface area contributed by atoms with Gasteiger partial charge in [0.2, 0.25) is 0 Å². The number of hydrogen-bond acceptors (Lipinski definition) is 9. The van der Waals surface area contributed by atoms with Crippen molar-refractivity contribution in [1.82, 2.24) is 15.2 Å². The topological polar surface area (TPSA) is 196 Å². The smallest absolute Gasteiger partial charge is 0.335 e. The highest BCUT2D eigenvalue weighted by atomic mass is 35.5. The molecule has 2 aromatic rings. The van der Waals surface area contributed by atoms with Gasteiger partial charge >= 0.3 is 11.9 Å². The fourth-order valence-corrected chi connectivity index (χ4v) is 4.76. The van der Waals surface area contributed by atoms with Gasteiger partial charge in [-0.1, -0.05) is 11.6 Å². The molecule has 2 saturated heterocycles. The van der Waals surface area contributed by atoms with E-state index in [0.717, 1.165) is 58.0 Å². The number of likely N-dealkylation sites (tertiary alicyclic amines) is 1. The molecular formula is C25H33ClN4O8. The molecule has 0 bridgehead atoms. The molecule has 0 aliphatic carbocycles. The van der Waals surface area contributed by atoms with Crippen molar-refractivity contribution in [3.05, 3.63) is 35.0 Å². The van der Waals surface area contributed by atoms with Crippen LogP contribution in [0.2, 0.25) is 5.02 Å². The van der Waals surface area contributed by atoms with Crippen LogP contribution in [0.3, 0.4) is 0 Å². The predicted octanol–water partition coefficient (Wildman–Crippen LogP) is 0.826. The van der Waals surface area contributed by atoms with E-state index in [0.29, 0.717) is 39.6 Å². The quantitative estimate of drug-likeness (QED) is 0.254. The van der Waals surface area contributed by atoms with Crippen LogP contribution in [0.25, 0.3) is 10.9 Å². The van der Waals surface area contributed by atoms with E-state index in [2.05, 4.69) is 15.2 Å². The second kappa shape index (κ2) is 13.7. The van der Waals surface area contributed by atoms with Gasteiger partial charge in [0, 0.05) is 44.4 Å². The Hall–Kier alpha value is -3.03. The Morgan fingerprint density at radius 2 is 1.79 bits per heavy atom. The maximum Gasteiger partial charge on any atom is 0.335 e. The van der Waals surface area contributed by atoms with Crippen LogP contribution >= 0.6 is 11.6 Å². The van der Waals surface area contributed by atoms with Crippen molar-refractivity contribution in [3.8, 4) is 0 Å². The number of ether oxygens (including phenoxy) is 1. The summed E-state index contributed by atoms with van der Waals surface area (Å²) >= 11 is 6.23. The summed E-state index contributed by atoms with van der Waals surface area (Å²) < 4.78 is 5.45. The second-order valence-corrected chi connectivity index (χ2v) is 9.87. The number of carboxylic acids is 2. The van der Waals surface area contributed by atoms with Gasteiger partial charge in [0.15, 0.2) is 12.2 Å². The van der Waals surface area contributed by atoms with Crippen LogP contribution in [0.15, 0.2) is 24.4 Å². The van der Waals surface area contributed by atoms with Crippen LogP contribution in [-0.2, 0) is 14.3 Å². The number of carbonyl (C=O) groups excluding carboxylic acids is 1. The molecule has 0 radical (unpaired) electrons. The number of nitrogens with two attached hydrogens (primary N) is 1. The lowest BCUT2D eigenvalue weighted by atomic mass is 10.00. The van der Waals surface area contributed by atoms with Gasteiger partial charge in [-0.2, -0.15) is 0 Å². The van der Waals surface area contributed by atoms with Gasteiger partial charge in [0.1, 0.15) is 0 Å². The van der Waals surface area contributed by atoms with E-state index >= 15 is 0 Å².